The van der Waals surface area contributed by atoms with Gasteiger partial charge in [-0.15, -0.1) is 0 Å². The lowest BCUT2D eigenvalue weighted by atomic mass is 9.96. The summed E-state index contributed by atoms with van der Waals surface area (Å²) in [5.41, 5.74) is 2.80. The van der Waals surface area contributed by atoms with Crippen molar-refractivity contribution in [2.75, 3.05) is 46.4 Å². The highest BCUT2D eigenvalue weighted by Crippen LogP contribution is 2.44. The molecule has 0 radical (unpaired) electrons. The molecule has 2 aromatic carbocycles. The zero-order chi connectivity index (χ0) is 23.0. The van der Waals surface area contributed by atoms with Crippen molar-refractivity contribution in [1.29, 1.82) is 0 Å². The maximum Gasteiger partial charge on any atom is 0.305 e. The molecule has 0 aromatic heterocycles. The molecule has 2 aliphatic rings. The van der Waals surface area contributed by atoms with Crippen LogP contribution in [0, 0.1) is 0 Å². The zero-order valence-corrected chi connectivity index (χ0v) is 20.7. The lowest BCUT2D eigenvalue weighted by Crippen LogP contribution is -2.48. The second-order valence-corrected chi connectivity index (χ2v) is 9.97. The maximum atomic E-state index is 11.7. The number of ether oxygens (including phenoxy) is 2. The molecule has 1 atom stereocenters. The molecule has 1 fully saturated rings. The van der Waals surface area contributed by atoms with Crippen LogP contribution in [0.2, 0.25) is 0 Å². The lowest BCUT2D eigenvalue weighted by molar-refractivity contribution is -0.144. The van der Waals surface area contributed by atoms with Gasteiger partial charge in [-0.05, 0) is 54.7 Å². The third-order valence-electron chi connectivity index (χ3n) is 6.65. The second kappa shape index (κ2) is 11.9. The van der Waals surface area contributed by atoms with E-state index in [0.29, 0.717) is 19.1 Å². The van der Waals surface area contributed by atoms with Crippen LogP contribution in [0.1, 0.15) is 49.8 Å². The predicted molar refractivity (Wildman–Crippen MR) is 133 cm³/mol. The van der Waals surface area contributed by atoms with Crippen LogP contribution in [0.25, 0.3) is 0 Å². The minimum absolute atomic E-state index is 0.0534. The number of fused-ring (bicyclic) bond motifs is 2. The van der Waals surface area contributed by atoms with Crippen LogP contribution in [-0.2, 0) is 16.0 Å². The van der Waals surface area contributed by atoms with Gasteiger partial charge in [-0.3, -0.25) is 9.69 Å². The third-order valence-corrected chi connectivity index (χ3v) is 7.86. The average Bonchev–Trinajstić information content (AvgIpc) is 3.02. The molecule has 6 heteroatoms. The Morgan fingerprint density at radius 2 is 1.88 bits per heavy atom. The van der Waals surface area contributed by atoms with E-state index in [-0.39, 0.29) is 5.97 Å². The molecule has 0 unspecified atom stereocenters. The molecule has 2 aromatic rings. The Balaban J connectivity index is 1.36. The van der Waals surface area contributed by atoms with Gasteiger partial charge in [0.25, 0.3) is 0 Å². The van der Waals surface area contributed by atoms with E-state index in [1.807, 2.05) is 11.8 Å². The van der Waals surface area contributed by atoms with Crippen molar-refractivity contribution in [2.24, 2.45) is 0 Å². The minimum atomic E-state index is -0.0534. The molecule has 0 saturated carbocycles. The molecular formula is C27H36N2O3S. The molecule has 33 heavy (non-hydrogen) atoms. The van der Waals surface area contributed by atoms with Crippen molar-refractivity contribution >= 4 is 17.7 Å². The molecule has 0 aliphatic carbocycles. The van der Waals surface area contributed by atoms with E-state index in [1.165, 1.54) is 20.9 Å². The predicted octanol–water partition coefficient (Wildman–Crippen LogP) is 5.18. The molecule has 4 rings (SSSR count). The van der Waals surface area contributed by atoms with E-state index in [4.69, 9.17) is 9.47 Å². The van der Waals surface area contributed by atoms with E-state index >= 15 is 0 Å². The van der Waals surface area contributed by atoms with Crippen LogP contribution in [0.15, 0.2) is 52.3 Å². The molecular weight excluding hydrogens is 432 g/mol. The van der Waals surface area contributed by atoms with Gasteiger partial charge < -0.3 is 14.4 Å². The fourth-order valence-corrected chi connectivity index (χ4v) is 5.82. The van der Waals surface area contributed by atoms with Crippen LogP contribution < -0.4 is 4.74 Å². The number of methoxy groups -OCH3 is 1. The number of unbranched alkanes of at least 4 members (excludes halogenated alkanes) is 1. The Kier molecular flexibility index (Phi) is 8.70. The number of hydrogen-bond acceptors (Lipinski definition) is 6. The summed E-state index contributed by atoms with van der Waals surface area (Å²) in [4.78, 5) is 19.5. The van der Waals surface area contributed by atoms with E-state index in [0.717, 1.165) is 64.2 Å². The summed E-state index contributed by atoms with van der Waals surface area (Å²) < 4.78 is 10.9. The first-order valence-electron chi connectivity index (χ1n) is 12.2. The van der Waals surface area contributed by atoms with E-state index in [9.17, 15) is 4.79 Å². The third kappa shape index (κ3) is 6.31. The molecule has 178 valence electrons. The van der Waals surface area contributed by atoms with E-state index < -0.39 is 0 Å². The summed E-state index contributed by atoms with van der Waals surface area (Å²) in [6, 6.07) is 15.7. The first kappa shape index (κ1) is 24.1. The largest absolute Gasteiger partial charge is 0.497 e. The van der Waals surface area contributed by atoms with Gasteiger partial charge in [0.1, 0.15) is 5.75 Å². The van der Waals surface area contributed by atoms with Crippen LogP contribution >= 0.6 is 11.8 Å². The van der Waals surface area contributed by atoms with Gasteiger partial charge in [0, 0.05) is 55.0 Å². The van der Waals surface area contributed by atoms with Crippen molar-refractivity contribution in [3.05, 3.63) is 53.6 Å². The zero-order valence-electron chi connectivity index (χ0n) is 19.9. The normalized spacial score (nSPS) is 18.8. The summed E-state index contributed by atoms with van der Waals surface area (Å²) in [6.45, 7) is 7.81. The topological polar surface area (TPSA) is 42.0 Å². The Morgan fingerprint density at radius 3 is 2.67 bits per heavy atom. The molecule has 0 amide bonds. The summed E-state index contributed by atoms with van der Waals surface area (Å²) in [6.07, 6.45) is 4.43. The number of nitrogens with zero attached hydrogens (tertiary/aromatic N) is 2. The first-order valence-corrected chi connectivity index (χ1v) is 13.0. The number of rotatable bonds is 9. The van der Waals surface area contributed by atoms with E-state index in [2.05, 4.69) is 59.2 Å². The fourth-order valence-electron chi connectivity index (χ4n) is 4.71. The SMILES string of the molecule is CCCCC(=O)OCCCN1CCN([C@H]2Cc3ccccc3Sc3ccc(OC)cc32)CC1. The van der Waals surface area contributed by atoms with Crippen molar-refractivity contribution in [1.82, 2.24) is 9.80 Å². The molecule has 2 aliphatic heterocycles. The van der Waals surface area contributed by atoms with Crippen LogP contribution in [0.5, 0.6) is 5.75 Å². The van der Waals surface area contributed by atoms with Crippen LogP contribution in [0.3, 0.4) is 0 Å². The molecule has 0 spiro atoms. The fraction of sp³-hybridized carbons (Fsp3) is 0.519. The standard InChI is InChI=1S/C27H36N2O3S/c1-3-4-10-27(30)32-18-7-13-28-14-16-29(17-15-28)24-19-21-8-5-6-9-25(21)33-26-12-11-22(31-2)20-23(24)26/h5-6,8-9,11-12,20,24H,3-4,7,10,13-19H2,1-2H3/t24-/m0/s1. The molecule has 5 nitrogen and oxygen atoms in total. The summed E-state index contributed by atoms with van der Waals surface area (Å²) in [5.74, 6) is 0.875. The van der Waals surface area contributed by atoms with Gasteiger partial charge in [0.15, 0.2) is 0 Å². The van der Waals surface area contributed by atoms with Gasteiger partial charge in [-0.25, -0.2) is 0 Å². The van der Waals surface area contributed by atoms with Crippen molar-refractivity contribution < 1.29 is 14.3 Å². The smallest absolute Gasteiger partial charge is 0.305 e. The molecule has 2 heterocycles. The average molecular weight is 469 g/mol. The van der Waals surface area contributed by atoms with Crippen LogP contribution in [0.4, 0.5) is 0 Å². The highest BCUT2D eigenvalue weighted by molar-refractivity contribution is 7.99. The van der Waals surface area contributed by atoms with Crippen molar-refractivity contribution in [2.45, 2.75) is 54.9 Å². The molecule has 0 N–H and O–H groups in total. The number of carbonyl (C=O) groups excluding carboxylic acids is 1. The highest BCUT2D eigenvalue weighted by Gasteiger charge is 2.30. The number of benzene rings is 2. The number of hydrogen-bond donors (Lipinski definition) is 0. The minimum Gasteiger partial charge on any atom is -0.497 e. The monoisotopic (exact) mass is 468 g/mol. The first-order chi connectivity index (χ1) is 16.2. The number of esters is 1. The number of piperazine rings is 1. The van der Waals surface area contributed by atoms with E-state index in [1.54, 1.807) is 7.11 Å². The van der Waals surface area contributed by atoms with Crippen molar-refractivity contribution in [3.8, 4) is 5.75 Å². The molecule has 0 bridgehead atoms. The highest BCUT2D eigenvalue weighted by atomic mass is 32.2. The van der Waals surface area contributed by atoms with Gasteiger partial charge in [-0.1, -0.05) is 43.3 Å². The Bertz CT molecular complexity index is 927. The summed E-state index contributed by atoms with van der Waals surface area (Å²) in [5, 5.41) is 0. The van der Waals surface area contributed by atoms with Gasteiger partial charge in [0.2, 0.25) is 0 Å². The van der Waals surface area contributed by atoms with Gasteiger partial charge in [-0.2, -0.15) is 0 Å². The lowest BCUT2D eigenvalue weighted by Gasteiger charge is -2.39. The maximum absolute atomic E-state index is 11.7. The number of carbonyl (C=O) groups is 1. The summed E-state index contributed by atoms with van der Waals surface area (Å²) in [7, 11) is 1.75. The Morgan fingerprint density at radius 1 is 1.06 bits per heavy atom. The van der Waals surface area contributed by atoms with Crippen LogP contribution in [-0.4, -0.2) is 62.2 Å². The Labute approximate surface area is 202 Å². The van der Waals surface area contributed by atoms with Gasteiger partial charge >= 0.3 is 5.97 Å². The van der Waals surface area contributed by atoms with Crippen molar-refractivity contribution in [3.63, 3.8) is 0 Å². The molecule has 1 saturated heterocycles. The quantitative estimate of drug-likeness (QED) is 0.373. The van der Waals surface area contributed by atoms with Gasteiger partial charge in [0.05, 0.1) is 13.7 Å². The summed E-state index contributed by atoms with van der Waals surface area (Å²) >= 11 is 1.88. The Hall–Kier alpha value is -2.02. The second-order valence-electron chi connectivity index (χ2n) is 8.89.